The number of aliphatic hydroxyl groups is 1. The average Bonchev–Trinajstić information content (AvgIpc) is 2.58. The first-order chi connectivity index (χ1) is 11.0. The molecule has 1 fully saturated rings. The van der Waals surface area contributed by atoms with Crippen LogP contribution >= 0.6 is 0 Å². The van der Waals surface area contributed by atoms with Gasteiger partial charge in [-0.25, -0.2) is 12.7 Å². The van der Waals surface area contributed by atoms with Crippen LogP contribution in [0.4, 0.5) is 0 Å². The zero-order valence-electron chi connectivity index (χ0n) is 13.1. The Balaban J connectivity index is 2.21. The van der Waals surface area contributed by atoms with Crippen molar-refractivity contribution in [3.63, 3.8) is 0 Å². The second-order valence-corrected chi connectivity index (χ2v) is 8.22. The summed E-state index contributed by atoms with van der Waals surface area (Å²) in [5.74, 6) is 0. The van der Waals surface area contributed by atoms with Crippen molar-refractivity contribution >= 4 is 10.0 Å². The number of benzene rings is 2. The molecule has 0 aliphatic carbocycles. The van der Waals surface area contributed by atoms with Crippen molar-refractivity contribution in [3.05, 3.63) is 71.8 Å². The minimum atomic E-state index is -3.57. The number of nitrogens with zero attached hydrogens (tertiary/aromatic N) is 1. The summed E-state index contributed by atoms with van der Waals surface area (Å²) < 4.78 is 27.1. The van der Waals surface area contributed by atoms with Crippen LogP contribution in [0.1, 0.15) is 24.0 Å². The van der Waals surface area contributed by atoms with Gasteiger partial charge in [0.05, 0.1) is 0 Å². The van der Waals surface area contributed by atoms with Gasteiger partial charge in [-0.2, -0.15) is 0 Å². The van der Waals surface area contributed by atoms with Crippen molar-refractivity contribution in [2.45, 2.75) is 23.7 Å². The largest absolute Gasteiger partial charge is 0.379 e. The van der Waals surface area contributed by atoms with Crippen molar-refractivity contribution in [2.75, 3.05) is 13.6 Å². The molecule has 3 rings (SSSR count). The fourth-order valence-electron chi connectivity index (χ4n) is 3.34. The molecule has 2 aromatic rings. The van der Waals surface area contributed by atoms with Gasteiger partial charge in [0.25, 0.3) is 0 Å². The molecule has 5 heteroatoms. The first kappa shape index (κ1) is 16.2. The molecule has 0 saturated carbocycles. The maximum Gasteiger partial charge on any atom is 0.220 e. The summed E-state index contributed by atoms with van der Waals surface area (Å²) in [5.41, 5.74) is -0.346. The van der Waals surface area contributed by atoms with E-state index >= 15 is 0 Å². The van der Waals surface area contributed by atoms with Gasteiger partial charge >= 0.3 is 0 Å². The van der Waals surface area contributed by atoms with E-state index in [1.807, 2.05) is 36.4 Å². The van der Waals surface area contributed by atoms with Crippen LogP contribution in [-0.4, -0.2) is 36.7 Å². The van der Waals surface area contributed by atoms with Gasteiger partial charge in [-0.3, -0.25) is 0 Å². The lowest BCUT2D eigenvalue weighted by atomic mass is 9.81. The molecule has 0 unspecified atom stereocenters. The van der Waals surface area contributed by atoms with E-state index in [2.05, 4.69) is 0 Å². The fourth-order valence-corrected chi connectivity index (χ4v) is 5.33. The maximum atomic E-state index is 12.9. The monoisotopic (exact) mass is 331 g/mol. The number of hydrogen-bond donors (Lipinski definition) is 1. The highest BCUT2D eigenvalue weighted by Crippen LogP contribution is 2.40. The van der Waals surface area contributed by atoms with Gasteiger partial charge in [0.2, 0.25) is 10.0 Å². The Labute approximate surface area is 137 Å². The van der Waals surface area contributed by atoms with Crippen molar-refractivity contribution in [1.82, 2.24) is 4.31 Å². The Morgan fingerprint density at radius 2 is 1.48 bits per heavy atom. The van der Waals surface area contributed by atoms with E-state index < -0.39 is 20.9 Å². The molecular weight excluding hydrogens is 310 g/mol. The SMILES string of the molecule is CN1CCC[C@H](C(O)(c2ccccc2)c2ccccc2)S1(=O)=O. The van der Waals surface area contributed by atoms with Crippen LogP contribution in [0, 0.1) is 0 Å². The van der Waals surface area contributed by atoms with Gasteiger partial charge in [0.15, 0.2) is 0 Å². The lowest BCUT2D eigenvalue weighted by Gasteiger charge is -2.41. The Hall–Kier alpha value is -1.69. The molecule has 1 atom stereocenters. The van der Waals surface area contributed by atoms with E-state index in [1.165, 1.54) is 4.31 Å². The molecule has 1 aliphatic heterocycles. The predicted octanol–water partition coefficient (Wildman–Crippen LogP) is 2.35. The van der Waals surface area contributed by atoms with E-state index in [-0.39, 0.29) is 0 Å². The van der Waals surface area contributed by atoms with Crippen molar-refractivity contribution in [1.29, 1.82) is 0 Å². The molecule has 0 amide bonds. The predicted molar refractivity (Wildman–Crippen MR) is 90.5 cm³/mol. The summed E-state index contributed by atoms with van der Waals surface area (Å²) in [6.07, 6.45) is 1.18. The highest BCUT2D eigenvalue weighted by Gasteiger charge is 2.50. The first-order valence-electron chi connectivity index (χ1n) is 7.76. The lowest BCUT2D eigenvalue weighted by Crippen LogP contribution is -2.53. The number of sulfonamides is 1. The molecule has 2 aromatic carbocycles. The van der Waals surface area contributed by atoms with Gasteiger partial charge in [-0.1, -0.05) is 60.7 Å². The first-order valence-corrected chi connectivity index (χ1v) is 9.26. The fraction of sp³-hybridized carbons (Fsp3) is 0.333. The van der Waals surface area contributed by atoms with Crippen LogP contribution in [0.2, 0.25) is 0 Å². The third-order valence-corrected chi connectivity index (χ3v) is 6.97. The second kappa shape index (κ2) is 6.07. The molecule has 23 heavy (non-hydrogen) atoms. The Morgan fingerprint density at radius 3 is 1.96 bits per heavy atom. The number of hydrogen-bond acceptors (Lipinski definition) is 3. The van der Waals surface area contributed by atoms with Gasteiger partial charge < -0.3 is 5.11 Å². The molecule has 0 radical (unpaired) electrons. The van der Waals surface area contributed by atoms with Crippen LogP contribution in [0.25, 0.3) is 0 Å². The highest BCUT2D eigenvalue weighted by atomic mass is 32.2. The summed E-state index contributed by atoms with van der Waals surface area (Å²) >= 11 is 0. The molecule has 0 bridgehead atoms. The number of rotatable bonds is 3. The van der Waals surface area contributed by atoms with Crippen molar-refractivity contribution in [2.24, 2.45) is 0 Å². The molecule has 1 aliphatic rings. The van der Waals surface area contributed by atoms with E-state index in [0.29, 0.717) is 24.1 Å². The second-order valence-electron chi connectivity index (χ2n) is 6.00. The normalized spacial score (nSPS) is 21.9. The van der Waals surface area contributed by atoms with Gasteiger partial charge in [0, 0.05) is 13.6 Å². The molecule has 0 spiro atoms. The zero-order chi connectivity index (χ0) is 16.5. The highest BCUT2D eigenvalue weighted by molar-refractivity contribution is 7.89. The standard InChI is InChI=1S/C18H21NO3S/c1-19-14-8-13-17(23(19,21)22)18(20,15-9-4-2-5-10-15)16-11-6-3-7-12-16/h2-7,9-12,17,20H,8,13-14H2,1H3/t17-/m1/s1. The van der Waals surface area contributed by atoms with Gasteiger partial charge in [0.1, 0.15) is 10.9 Å². The third kappa shape index (κ3) is 2.69. The lowest BCUT2D eigenvalue weighted by molar-refractivity contribution is 0.0664. The van der Waals surface area contributed by atoms with Crippen LogP contribution in [-0.2, 0) is 15.6 Å². The topological polar surface area (TPSA) is 57.6 Å². The van der Waals surface area contributed by atoms with Crippen LogP contribution in [0.15, 0.2) is 60.7 Å². The average molecular weight is 331 g/mol. The maximum absolute atomic E-state index is 12.9. The van der Waals surface area contributed by atoms with Crippen molar-refractivity contribution < 1.29 is 13.5 Å². The minimum Gasteiger partial charge on any atom is -0.379 e. The Morgan fingerprint density at radius 1 is 1.00 bits per heavy atom. The smallest absolute Gasteiger partial charge is 0.220 e. The molecule has 0 aromatic heterocycles. The molecule has 4 nitrogen and oxygen atoms in total. The van der Waals surface area contributed by atoms with E-state index in [9.17, 15) is 13.5 Å². The minimum absolute atomic E-state index is 0.437. The quantitative estimate of drug-likeness (QED) is 0.939. The molecule has 1 N–H and O–H groups in total. The summed E-state index contributed by atoms with van der Waals surface area (Å²) in [7, 11) is -1.99. The summed E-state index contributed by atoms with van der Waals surface area (Å²) in [6.45, 7) is 0.499. The molecule has 1 saturated heterocycles. The van der Waals surface area contributed by atoms with Crippen LogP contribution in [0.3, 0.4) is 0 Å². The zero-order valence-corrected chi connectivity index (χ0v) is 13.9. The third-order valence-electron chi connectivity index (χ3n) is 4.63. The molecule has 1 heterocycles. The van der Waals surface area contributed by atoms with Crippen molar-refractivity contribution in [3.8, 4) is 0 Å². The Kier molecular flexibility index (Phi) is 4.27. The van der Waals surface area contributed by atoms with Gasteiger partial charge in [-0.05, 0) is 24.0 Å². The summed E-state index contributed by atoms with van der Waals surface area (Å²) in [4.78, 5) is 0. The van der Waals surface area contributed by atoms with Crippen LogP contribution in [0.5, 0.6) is 0 Å². The summed E-state index contributed by atoms with van der Waals surface area (Å²) in [5, 5.41) is 10.7. The van der Waals surface area contributed by atoms with E-state index in [1.54, 1.807) is 31.3 Å². The van der Waals surface area contributed by atoms with Gasteiger partial charge in [-0.15, -0.1) is 0 Å². The molecule has 122 valence electrons. The van der Waals surface area contributed by atoms with E-state index in [0.717, 1.165) is 6.42 Å². The van der Waals surface area contributed by atoms with Crippen LogP contribution < -0.4 is 0 Å². The summed E-state index contributed by atoms with van der Waals surface area (Å²) in [6, 6.07) is 18.2. The van der Waals surface area contributed by atoms with E-state index in [4.69, 9.17) is 0 Å². The molecular formula is C18H21NO3S. The Bertz CT molecular complexity index is 720.